The molecule has 0 saturated carbocycles. The Morgan fingerprint density at radius 2 is 2.04 bits per heavy atom. The van der Waals surface area contributed by atoms with Crippen LogP contribution in [0.3, 0.4) is 0 Å². The van der Waals surface area contributed by atoms with Gasteiger partial charge in [-0.25, -0.2) is 0 Å². The van der Waals surface area contributed by atoms with Gasteiger partial charge in [-0.3, -0.25) is 9.59 Å². The van der Waals surface area contributed by atoms with Crippen molar-refractivity contribution in [2.75, 3.05) is 19.7 Å². The van der Waals surface area contributed by atoms with Gasteiger partial charge in [0.15, 0.2) is 0 Å². The van der Waals surface area contributed by atoms with E-state index in [1.165, 1.54) is 0 Å². The van der Waals surface area contributed by atoms with Crippen molar-refractivity contribution < 1.29 is 14.3 Å². The molecule has 6 heteroatoms. The minimum atomic E-state index is -0.0127. The molecule has 2 aliphatic heterocycles. The molecule has 4 rings (SSSR count). The van der Waals surface area contributed by atoms with Gasteiger partial charge in [0.1, 0.15) is 12.4 Å². The van der Waals surface area contributed by atoms with Crippen LogP contribution in [0.4, 0.5) is 0 Å². The van der Waals surface area contributed by atoms with Gasteiger partial charge in [0.25, 0.3) is 5.91 Å². The maximum atomic E-state index is 12.9. The van der Waals surface area contributed by atoms with E-state index in [9.17, 15) is 9.59 Å². The molecule has 0 N–H and O–H groups in total. The first-order chi connectivity index (χ1) is 13.1. The molecule has 1 saturated heterocycles. The number of amides is 2. The Morgan fingerprint density at radius 3 is 2.78 bits per heavy atom. The summed E-state index contributed by atoms with van der Waals surface area (Å²) in [5, 5.41) is 4.00. The Bertz CT molecular complexity index is 828. The molecule has 1 fully saturated rings. The van der Waals surface area contributed by atoms with Gasteiger partial charge < -0.3 is 14.5 Å². The standard InChI is InChI=1S/C21H24N2O3S/c1-15-13-26-19-5-4-17(21(25)22-7-2-3-8-22)11-18(19)12-23(15)20(24)10-16-6-9-27-14-16/h4-6,9,11,14-15H,2-3,7-8,10,12-13H2,1H3/t15-/m0/s1. The number of ether oxygens (including phenoxy) is 1. The van der Waals surface area contributed by atoms with Gasteiger partial charge in [-0.2, -0.15) is 11.3 Å². The summed E-state index contributed by atoms with van der Waals surface area (Å²) in [6.45, 7) is 4.60. The lowest BCUT2D eigenvalue weighted by molar-refractivity contribution is -0.133. The van der Waals surface area contributed by atoms with E-state index in [0.29, 0.717) is 25.1 Å². The maximum Gasteiger partial charge on any atom is 0.253 e. The summed E-state index contributed by atoms with van der Waals surface area (Å²) in [6, 6.07) is 7.59. The van der Waals surface area contributed by atoms with E-state index in [1.54, 1.807) is 11.3 Å². The monoisotopic (exact) mass is 384 g/mol. The fourth-order valence-corrected chi connectivity index (χ4v) is 4.39. The van der Waals surface area contributed by atoms with Crippen LogP contribution < -0.4 is 4.74 Å². The first-order valence-corrected chi connectivity index (χ1v) is 10.4. The molecule has 2 amide bonds. The second-order valence-corrected chi connectivity index (χ2v) is 8.09. The highest BCUT2D eigenvalue weighted by Crippen LogP contribution is 2.28. The molecule has 5 nitrogen and oxygen atoms in total. The second-order valence-electron chi connectivity index (χ2n) is 7.31. The number of thiophene rings is 1. The number of benzene rings is 1. The van der Waals surface area contributed by atoms with Crippen LogP contribution in [-0.2, 0) is 17.8 Å². The van der Waals surface area contributed by atoms with Gasteiger partial charge in [-0.1, -0.05) is 0 Å². The van der Waals surface area contributed by atoms with E-state index in [1.807, 2.05) is 51.7 Å². The van der Waals surface area contributed by atoms with Crippen molar-refractivity contribution in [3.63, 3.8) is 0 Å². The van der Waals surface area contributed by atoms with Crippen molar-refractivity contribution in [2.45, 2.75) is 38.8 Å². The Kier molecular flexibility index (Phi) is 5.16. The summed E-state index contributed by atoms with van der Waals surface area (Å²) in [6.07, 6.45) is 2.54. The first-order valence-electron chi connectivity index (χ1n) is 9.47. The molecule has 0 radical (unpaired) electrons. The molecule has 3 heterocycles. The first kappa shape index (κ1) is 18.0. The van der Waals surface area contributed by atoms with Gasteiger partial charge in [-0.05, 0) is 60.4 Å². The van der Waals surface area contributed by atoms with E-state index in [2.05, 4.69) is 0 Å². The predicted molar refractivity (Wildman–Crippen MR) is 105 cm³/mol. The number of hydrogen-bond acceptors (Lipinski definition) is 4. The third-order valence-corrected chi connectivity index (χ3v) is 6.04. The molecule has 27 heavy (non-hydrogen) atoms. The summed E-state index contributed by atoms with van der Waals surface area (Å²) < 4.78 is 5.92. The number of likely N-dealkylation sites (tertiary alicyclic amines) is 1. The van der Waals surface area contributed by atoms with E-state index in [4.69, 9.17) is 4.74 Å². The van der Waals surface area contributed by atoms with Gasteiger partial charge in [0.05, 0.1) is 12.5 Å². The summed E-state index contributed by atoms with van der Waals surface area (Å²) >= 11 is 1.60. The third-order valence-electron chi connectivity index (χ3n) is 5.31. The van der Waals surface area contributed by atoms with Gasteiger partial charge in [0, 0.05) is 30.8 Å². The number of rotatable bonds is 3. The fraction of sp³-hybridized carbons (Fsp3) is 0.429. The SMILES string of the molecule is C[C@H]1COc2ccc(C(=O)N3CCCC3)cc2CN1C(=O)Cc1ccsc1. The van der Waals surface area contributed by atoms with Crippen LogP contribution in [-0.4, -0.2) is 47.4 Å². The fourth-order valence-electron chi connectivity index (χ4n) is 3.72. The van der Waals surface area contributed by atoms with Crippen molar-refractivity contribution in [1.29, 1.82) is 0 Å². The van der Waals surface area contributed by atoms with Gasteiger partial charge >= 0.3 is 0 Å². The molecular formula is C21H24N2O3S. The number of fused-ring (bicyclic) bond motifs is 1. The molecule has 2 aromatic rings. The van der Waals surface area contributed by atoms with Crippen molar-refractivity contribution in [3.8, 4) is 5.75 Å². The highest BCUT2D eigenvalue weighted by atomic mass is 32.1. The quantitative estimate of drug-likeness (QED) is 0.816. The lowest BCUT2D eigenvalue weighted by Crippen LogP contribution is -2.40. The third kappa shape index (κ3) is 3.86. The van der Waals surface area contributed by atoms with Crippen molar-refractivity contribution in [1.82, 2.24) is 9.80 Å². The van der Waals surface area contributed by atoms with Crippen LogP contribution >= 0.6 is 11.3 Å². The zero-order chi connectivity index (χ0) is 18.8. The van der Waals surface area contributed by atoms with E-state index in [0.717, 1.165) is 42.8 Å². The highest BCUT2D eigenvalue weighted by Gasteiger charge is 2.27. The number of carbonyl (C=O) groups is 2. The Balaban J connectivity index is 1.55. The topological polar surface area (TPSA) is 49.9 Å². The summed E-state index contributed by atoms with van der Waals surface area (Å²) in [5.41, 5.74) is 2.63. The Labute approximate surface area is 163 Å². The van der Waals surface area contributed by atoms with Crippen LogP contribution in [0.2, 0.25) is 0 Å². The number of hydrogen-bond donors (Lipinski definition) is 0. The molecule has 0 bridgehead atoms. The lowest BCUT2D eigenvalue weighted by atomic mass is 10.1. The lowest BCUT2D eigenvalue weighted by Gasteiger charge is -2.26. The van der Waals surface area contributed by atoms with Crippen LogP contribution in [0, 0.1) is 0 Å². The zero-order valence-corrected chi connectivity index (χ0v) is 16.3. The average Bonchev–Trinajstić information content (AvgIpc) is 3.35. The zero-order valence-electron chi connectivity index (χ0n) is 15.5. The molecular weight excluding hydrogens is 360 g/mol. The predicted octanol–water partition coefficient (Wildman–Crippen LogP) is 3.34. The van der Waals surface area contributed by atoms with Crippen molar-refractivity contribution >= 4 is 23.2 Å². The van der Waals surface area contributed by atoms with E-state index >= 15 is 0 Å². The van der Waals surface area contributed by atoms with Gasteiger partial charge in [-0.15, -0.1) is 0 Å². The minimum Gasteiger partial charge on any atom is -0.491 e. The number of carbonyl (C=O) groups excluding carboxylic acids is 2. The van der Waals surface area contributed by atoms with Crippen LogP contribution in [0.15, 0.2) is 35.0 Å². The minimum absolute atomic E-state index is 0.0127. The van der Waals surface area contributed by atoms with Crippen LogP contribution in [0.25, 0.3) is 0 Å². The summed E-state index contributed by atoms with van der Waals surface area (Å²) in [5.74, 6) is 0.933. The highest BCUT2D eigenvalue weighted by molar-refractivity contribution is 7.08. The average molecular weight is 385 g/mol. The molecule has 1 atom stereocenters. The summed E-state index contributed by atoms with van der Waals surface area (Å²) in [7, 11) is 0. The Morgan fingerprint density at radius 1 is 1.22 bits per heavy atom. The molecule has 1 aromatic carbocycles. The smallest absolute Gasteiger partial charge is 0.253 e. The molecule has 0 spiro atoms. The molecule has 0 aliphatic carbocycles. The van der Waals surface area contributed by atoms with Crippen LogP contribution in [0.5, 0.6) is 5.75 Å². The van der Waals surface area contributed by atoms with Crippen molar-refractivity contribution in [2.24, 2.45) is 0 Å². The largest absolute Gasteiger partial charge is 0.491 e. The second kappa shape index (κ2) is 7.72. The molecule has 0 unspecified atom stereocenters. The normalized spacial score (nSPS) is 19.4. The molecule has 1 aromatic heterocycles. The number of nitrogens with zero attached hydrogens (tertiary/aromatic N) is 2. The van der Waals surface area contributed by atoms with Crippen LogP contribution in [0.1, 0.15) is 41.3 Å². The summed E-state index contributed by atoms with van der Waals surface area (Å²) in [4.78, 5) is 29.4. The maximum absolute atomic E-state index is 12.9. The van der Waals surface area contributed by atoms with Gasteiger partial charge in [0.2, 0.25) is 5.91 Å². The van der Waals surface area contributed by atoms with E-state index in [-0.39, 0.29) is 17.9 Å². The Hall–Kier alpha value is -2.34. The molecule has 142 valence electrons. The van der Waals surface area contributed by atoms with E-state index < -0.39 is 0 Å². The van der Waals surface area contributed by atoms with Crippen molar-refractivity contribution in [3.05, 3.63) is 51.7 Å². The molecule has 2 aliphatic rings.